The Morgan fingerprint density at radius 1 is 1.17 bits per heavy atom. The van der Waals surface area contributed by atoms with Crippen molar-refractivity contribution in [1.82, 2.24) is 10.2 Å². The number of rotatable bonds is 8. The molecule has 2 rings (SSSR count). The zero-order chi connectivity index (χ0) is 17.4. The van der Waals surface area contributed by atoms with Crippen LogP contribution in [0, 0.1) is 0 Å². The fraction of sp³-hybridized carbons (Fsp3) is 0.316. The number of benzene rings is 2. The molecular weight excluding hydrogens is 368 g/mol. The quantitative estimate of drug-likeness (QED) is 0.751. The molecule has 24 heavy (non-hydrogen) atoms. The molecule has 0 radical (unpaired) electrons. The second-order valence-electron chi connectivity index (χ2n) is 5.86. The van der Waals surface area contributed by atoms with E-state index in [1.807, 2.05) is 67.5 Å². The van der Waals surface area contributed by atoms with Gasteiger partial charge in [0, 0.05) is 23.1 Å². The van der Waals surface area contributed by atoms with Crippen LogP contribution in [0.2, 0.25) is 0 Å². The molecule has 0 atom stereocenters. The van der Waals surface area contributed by atoms with Gasteiger partial charge in [-0.3, -0.25) is 4.79 Å². The van der Waals surface area contributed by atoms with E-state index >= 15 is 0 Å². The number of ether oxygens (including phenoxy) is 1. The lowest BCUT2D eigenvalue weighted by Gasteiger charge is -2.13. The molecule has 0 saturated heterocycles. The van der Waals surface area contributed by atoms with E-state index in [0.29, 0.717) is 19.6 Å². The molecule has 0 saturated carbocycles. The van der Waals surface area contributed by atoms with Crippen molar-refractivity contribution in [3.8, 4) is 5.75 Å². The maximum absolute atomic E-state index is 12.1. The maximum Gasteiger partial charge on any atom is 0.224 e. The van der Waals surface area contributed by atoms with E-state index in [1.165, 1.54) is 0 Å². The van der Waals surface area contributed by atoms with Crippen molar-refractivity contribution >= 4 is 21.8 Å². The Bertz CT molecular complexity index is 660. The Morgan fingerprint density at radius 2 is 1.92 bits per heavy atom. The van der Waals surface area contributed by atoms with E-state index in [4.69, 9.17) is 4.74 Å². The molecule has 5 heteroatoms. The molecule has 1 N–H and O–H groups in total. The highest BCUT2D eigenvalue weighted by atomic mass is 79.9. The van der Waals surface area contributed by atoms with Gasteiger partial charge in [0.05, 0.1) is 6.42 Å². The van der Waals surface area contributed by atoms with Gasteiger partial charge >= 0.3 is 0 Å². The minimum absolute atomic E-state index is 0.000453. The third-order valence-corrected chi connectivity index (χ3v) is 3.99. The Labute approximate surface area is 151 Å². The number of amides is 1. The first-order valence-electron chi connectivity index (χ1n) is 7.91. The molecule has 0 bridgehead atoms. The highest BCUT2D eigenvalue weighted by molar-refractivity contribution is 9.10. The molecule has 0 aliphatic heterocycles. The lowest BCUT2D eigenvalue weighted by molar-refractivity contribution is -0.120. The molecule has 0 fully saturated rings. The fourth-order valence-corrected chi connectivity index (χ4v) is 2.63. The molecule has 0 aliphatic carbocycles. The van der Waals surface area contributed by atoms with E-state index < -0.39 is 0 Å². The second-order valence-corrected chi connectivity index (χ2v) is 6.77. The first kappa shape index (κ1) is 18.5. The molecule has 2 aromatic carbocycles. The zero-order valence-corrected chi connectivity index (χ0v) is 15.7. The van der Waals surface area contributed by atoms with Crippen LogP contribution in [0.1, 0.15) is 11.1 Å². The monoisotopic (exact) mass is 390 g/mol. The number of carbonyl (C=O) groups excluding carboxylic acids is 1. The van der Waals surface area contributed by atoms with Gasteiger partial charge in [0.1, 0.15) is 12.4 Å². The number of likely N-dealkylation sites (N-methyl/N-ethyl adjacent to an activating group) is 1. The van der Waals surface area contributed by atoms with E-state index in [0.717, 1.165) is 27.9 Å². The van der Waals surface area contributed by atoms with Crippen LogP contribution in [0.15, 0.2) is 53.0 Å². The summed E-state index contributed by atoms with van der Waals surface area (Å²) in [5.41, 5.74) is 1.98. The minimum Gasteiger partial charge on any atom is -0.489 e. The van der Waals surface area contributed by atoms with Gasteiger partial charge in [-0.05, 0) is 37.9 Å². The van der Waals surface area contributed by atoms with Gasteiger partial charge in [0.25, 0.3) is 0 Å². The van der Waals surface area contributed by atoms with E-state index in [-0.39, 0.29) is 5.91 Å². The minimum atomic E-state index is -0.000453. The Balaban J connectivity index is 1.97. The van der Waals surface area contributed by atoms with Gasteiger partial charge in [0.15, 0.2) is 0 Å². The van der Waals surface area contributed by atoms with Gasteiger partial charge < -0.3 is 15.0 Å². The summed E-state index contributed by atoms with van der Waals surface area (Å²) in [5, 5.41) is 2.93. The van der Waals surface area contributed by atoms with Crippen LogP contribution in [-0.4, -0.2) is 38.0 Å². The molecular formula is C19H23BrN2O2. The number of hydrogen-bond acceptors (Lipinski definition) is 3. The third-order valence-electron chi connectivity index (χ3n) is 3.49. The average molecular weight is 391 g/mol. The lowest BCUT2D eigenvalue weighted by atomic mass is 10.1. The van der Waals surface area contributed by atoms with Crippen LogP contribution in [0.4, 0.5) is 0 Å². The first-order chi connectivity index (χ1) is 11.5. The predicted molar refractivity (Wildman–Crippen MR) is 100 cm³/mol. The molecule has 1 amide bonds. The maximum atomic E-state index is 12.1. The van der Waals surface area contributed by atoms with Crippen LogP contribution >= 0.6 is 15.9 Å². The summed E-state index contributed by atoms with van der Waals surface area (Å²) in [4.78, 5) is 14.2. The van der Waals surface area contributed by atoms with Gasteiger partial charge in [-0.1, -0.05) is 46.3 Å². The standard InChI is InChI=1S/C19H23BrN2O2/c1-22(2)11-10-21-19(23)13-16-12-17(20)8-9-18(16)24-14-15-6-4-3-5-7-15/h3-9,12H,10-11,13-14H2,1-2H3,(H,21,23). The van der Waals surface area contributed by atoms with Crippen molar-refractivity contribution in [3.63, 3.8) is 0 Å². The van der Waals surface area contributed by atoms with E-state index in [9.17, 15) is 4.79 Å². The third kappa shape index (κ3) is 6.34. The lowest BCUT2D eigenvalue weighted by Crippen LogP contribution is -2.32. The van der Waals surface area contributed by atoms with Crippen LogP contribution < -0.4 is 10.1 Å². The van der Waals surface area contributed by atoms with E-state index in [1.54, 1.807) is 0 Å². The molecule has 128 valence electrons. The van der Waals surface area contributed by atoms with Gasteiger partial charge in [-0.2, -0.15) is 0 Å². The predicted octanol–water partition coefficient (Wildman–Crippen LogP) is 3.25. The topological polar surface area (TPSA) is 41.6 Å². The van der Waals surface area contributed by atoms with E-state index in [2.05, 4.69) is 21.2 Å². The summed E-state index contributed by atoms with van der Waals surface area (Å²) in [7, 11) is 3.96. The average Bonchev–Trinajstić information content (AvgIpc) is 2.54. The number of nitrogens with one attached hydrogen (secondary N) is 1. The van der Waals surface area contributed by atoms with Crippen molar-refractivity contribution in [1.29, 1.82) is 0 Å². The van der Waals surface area contributed by atoms with Crippen molar-refractivity contribution in [3.05, 3.63) is 64.1 Å². The zero-order valence-electron chi connectivity index (χ0n) is 14.1. The fourth-order valence-electron chi connectivity index (χ4n) is 2.22. The Morgan fingerprint density at radius 3 is 2.62 bits per heavy atom. The second kappa shape index (κ2) is 9.45. The van der Waals surface area contributed by atoms with Crippen molar-refractivity contribution in [2.75, 3.05) is 27.2 Å². The Hall–Kier alpha value is -1.85. The highest BCUT2D eigenvalue weighted by Crippen LogP contribution is 2.24. The Kier molecular flexibility index (Phi) is 7.28. The summed E-state index contributed by atoms with van der Waals surface area (Å²) in [5.74, 6) is 0.740. The molecule has 0 unspecified atom stereocenters. The summed E-state index contributed by atoms with van der Waals surface area (Å²) in [6, 6.07) is 15.7. The highest BCUT2D eigenvalue weighted by Gasteiger charge is 2.10. The normalized spacial score (nSPS) is 10.7. The SMILES string of the molecule is CN(C)CCNC(=O)Cc1cc(Br)ccc1OCc1ccccc1. The smallest absolute Gasteiger partial charge is 0.224 e. The summed E-state index contributed by atoms with van der Waals surface area (Å²) in [6.45, 7) is 1.94. The van der Waals surface area contributed by atoms with Gasteiger partial charge in [-0.25, -0.2) is 0 Å². The summed E-state index contributed by atoms with van der Waals surface area (Å²) >= 11 is 3.46. The van der Waals surface area contributed by atoms with Crippen molar-refractivity contribution in [2.45, 2.75) is 13.0 Å². The van der Waals surface area contributed by atoms with Gasteiger partial charge in [0.2, 0.25) is 5.91 Å². The van der Waals surface area contributed by atoms with Gasteiger partial charge in [-0.15, -0.1) is 0 Å². The summed E-state index contributed by atoms with van der Waals surface area (Å²) in [6.07, 6.45) is 0.303. The first-order valence-corrected chi connectivity index (χ1v) is 8.70. The van der Waals surface area contributed by atoms with Crippen LogP contribution in [-0.2, 0) is 17.8 Å². The molecule has 0 heterocycles. The number of hydrogen-bond donors (Lipinski definition) is 1. The van der Waals surface area contributed by atoms with Crippen LogP contribution in [0.25, 0.3) is 0 Å². The number of halogens is 1. The van der Waals surface area contributed by atoms with Crippen LogP contribution in [0.5, 0.6) is 5.75 Å². The summed E-state index contributed by atoms with van der Waals surface area (Å²) < 4.78 is 6.85. The number of carbonyl (C=O) groups is 1. The largest absolute Gasteiger partial charge is 0.489 e. The molecule has 4 nitrogen and oxygen atoms in total. The number of nitrogens with zero attached hydrogens (tertiary/aromatic N) is 1. The van der Waals surface area contributed by atoms with Crippen molar-refractivity contribution in [2.24, 2.45) is 0 Å². The molecule has 0 aliphatic rings. The molecule has 0 aromatic heterocycles. The molecule has 2 aromatic rings. The molecule has 0 spiro atoms. The van der Waals surface area contributed by atoms with Crippen LogP contribution in [0.3, 0.4) is 0 Å². The van der Waals surface area contributed by atoms with Crippen molar-refractivity contribution < 1.29 is 9.53 Å².